The summed E-state index contributed by atoms with van der Waals surface area (Å²) in [4.78, 5) is 2.37. The number of aryl methyl sites for hydroxylation is 2. The van der Waals surface area contributed by atoms with Gasteiger partial charge in [-0.05, 0) is 185 Å². The third-order valence-electron chi connectivity index (χ3n) is 14.4. The number of hydrogen-bond donors (Lipinski definition) is 0. The van der Waals surface area contributed by atoms with Crippen LogP contribution in [-0.4, -0.2) is 0 Å². The zero-order valence-electron chi connectivity index (χ0n) is 37.5. The Labute approximate surface area is 397 Å². The van der Waals surface area contributed by atoms with Crippen molar-refractivity contribution in [3.63, 3.8) is 0 Å². The minimum Gasteiger partial charge on any atom is -0.310 e. The van der Waals surface area contributed by atoms with E-state index in [4.69, 9.17) is 0 Å². The van der Waals surface area contributed by atoms with Crippen molar-refractivity contribution in [1.29, 1.82) is 21.0 Å². The molecule has 0 heterocycles. The highest BCUT2D eigenvalue weighted by molar-refractivity contribution is 6.38. The average Bonchev–Trinajstić information content (AvgIpc) is 3.71. The second kappa shape index (κ2) is 14.9. The molecular weight excluding hydrogens is 839 g/mol. The van der Waals surface area contributed by atoms with Crippen LogP contribution in [0.5, 0.6) is 0 Å². The fraction of sp³-hybridized carbons (Fsp3) is 0.0312. The van der Waals surface area contributed by atoms with Gasteiger partial charge < -0.3 is 4.90 Å². The molecule has 13 rings (SSSR count). The lowest BCUT2D eigenvalue weighted by Gasteiger charge is -2.28. The van der Waals surface area contributed by atoms with Gasteiger partial charge >= 0.3 is 0 Å². The Balaban J connectivity index is 1.12. The van der Waals surface area contributed by atoms with Crippen LogP contribution in [0.2, 0.25) is 0 Å². The van der Waals surface area contributed by atoms with E-state index in [1.165, 1.54) is 54.2 Å². The predicted molar refractivity (Wildman–Crippen MR) is 281 cm³/mol. The molecule has 0 aliphatic heterocycles. The quantitative estimate of drug-likeness (QED) is 0.127. The van der Waals surface area contributed by atoms with Crippen LogP contribution in [0.3, 0.4) is 0 Å². The molecule has 5 nitrogen and oxygen atoms in total. The van der Waals surface area contributed by atoms with E-state index in [2.05, 4.69) is 158 Å². The lowest BCUT2D eigenvalue weighted by Crippen LogP contribution is -2.10. The van der Waals surface area contributed by atoms with Gasteiger partial charge in [0, 0.05) is 27.9 Å². The highest BCUT2D eigenvalue weighted by Crippen LogP contribution is 2.56. The van der Waals surface area contributed by atoms with E-state index < -0.39 is 0 Å². The lowest BCUT2D eigenvalue weighted by atomic mass is 9.82. The summed E-state index contributed by atoms with van der Waals surface area (Å²) in [6.45, 7) is 4.24. The van der Waals surface area contributed by atoms with Crippen LogP contribution in [0.15, 0.2) is 176 Å². The van der Waals surface area contributed by atoms with Crippen molar-refractivity contribution >= 4 is 81.7 Å². The Morgan fingerprint density at radius 3 is 1.26 bits per heavy atom. The van der Waals surface area contributed by atoms with Crippen molar-refractivity contribution in [2.45, 2.75) is 13.8 Å². The van der Waals surface area contributed by atoms with Crippen molar-refractivity contribution in [2.75, 3.05) is 4.90 Å². The van der Waals surface area contributed by atoms with E-state index >= 15 is 0 Å². The van der Waals surface area contributed by atoms with E-state index in [0.717, 1.165) is 72.0 Å². The summed E-state index contributed by atoms with van der Waals surface area (Å²) >= 11 is 0. The number of rotatable bonds is 5. The first-order chi connectivity index (χ1) is 33.9. The molecule has 0 saturated carbocycles. The number of anilines is 3. The second-order valence-corrected chi connectivity index (χ2v) is 18.1. The van der Waals surface area contributed by atoms with Crippen molar-refractivity contribution in [3.8, 4) is 68.8 Å². The van der Waals surface area contributed by atoms with Gasteiger partial charge in [0.1, 0.15) is 0 Å². The van der Waals surface area contributed by atoms with Crippen molar-refractivity contribution in [1.82, 2.24) is 0 Å². The molecule has 0 fully saturated rings. The van der Waals surface area contributed by atoms with E-state index in [-0.39, 0.29) is 0 Å². The molecule has 0 radical (unpaired) electrons. The highest BCUT2D eigenvalue weighted by Gasteiger charge is 2.29. The van der Waals surface area contributed by atoms with Gasteiger partial charge in [-0.15, -0.1) is 0 Å². The van der Waals surface area contributed by atoms with Crippen LogP contribution in [-0.2, 0) is 0 Å². The topological polar surface area (TPSA) is 98.4 Å². The Hall–Kier alpha value is -9.78. The maximum absolute atomic E-state index is 10.6. The third-order valence-corrected chi connectivity index (χ3v) is 14.4. The number of benzene rings is 12. The minimum atomic E-state index is 0.451. The van der Waals surface area contributed by atoms with E-state index in [1.807, 2.05) is 36.4 Å². The number of hydrogen-bond acceptors (Lipinski definition) is 5. The molecule has 0 N–H and O–H groups in total. The molecule has 316 valence electrons. The van der Waals surface area contributed by atoms with Gasteiger partial charge in [-0.2, -0.15) is 21.0 Å². The molecule has 12 aromatic carbocycles. The van der Waals surface area contributed by atoms with Crippen LogP contribution in [0.25, 0.3) is 109 Å². The molecule has 12 aromatic rings. The summed E-state index contributed by atoms with van der Waals surface area (Å²) in [6.07, 6.45) is 0. The molecule has 5 heteroatoms. The Morgan fingerprint density at radius 1 is 0.319 bits per heavy atom. The Kier molecular flexibility index (Phi) is 8.53. The number of fused-ring (bicyclic) bond motifs is 7. The predicted octanol–water partition coefficient (Wildman–Crippen LogP) is 16.6. The first kappa shape index (κ1) is 39.6. The summed E-state index contributed by atoms with van der Waals surface area (Å²) in [7, 11) is 0. The van der Waals surface area contributed by atoms with E-state index in [9.17, 15) is 21.0 Å². The average molecular weight is 874 g/mol. The molecule has 0 saturated heterocycles. The van der Waals surface area contributed by atoms with Gasteiger partial charge in [-0.1, -0.05) is 108 Å². The molecule has 0 aromatic heterocycles. The highest BCUT2D eigenvalue weighted by atomic mass is 15.1. The van der Waals surface area contributed by atoms with Crippen LogP contribution in [0.4, 0.5) is 17.1 Å². The summed E-state index contributed by atoms with van der Waals surface area (Å²) < 4.78 is 0. The van der Waals surface area contributed by atoms with Crippen molar-refractivity contribution < 1.29 is 0 Å². The molecule has 0 spiro atoms. The number of nitrogens with zero attached hydrogens (tertiary/aromatic N) is 5. The van der Waals surface area contributed by atoms with Gasteiger partial charge in [0.05, 0.1) is 52.2 Å². The summed E-state index contributed by atoms with van der Waals surface area (Å²) in [5.41, 5.74) is 14.9. The molecule has 0 bridgehead atoms. The van der Waals surface area contributed by atoms with Gasteiger partial charge in [-0.3, -0.25) is 0 Å². The first-order valence-electron chi connectivity index (χ1n) is 22.9. The molecule has 0 atom stereocenters. The lowest BCUT2D eigenvalue weighted by molar-refractivity contribution is 1.28. The zero-order chi connectivity index (χ0) is 46.7. The number of nitriles is 4. The largest absolute Gasteiger partial charge is 0.310 e. The summed E-state index contributed by atoms with van der Waals surface area (Å²) in [5.74, 6) is 0. The molecule has 1 aliphatic carbocycles. The Morgan fingerprint density at radius 2 is 0.768 bits per heavy atom. The molecule has 0 amide bonds. The van der Waals surface area contributed by atoms with Gasteiger partial charge in [0.25, 0.3) is 0 Å². The fourth-order valence-corrected chi connectivity index (χ4v) is 11.3. The monoisotopic (exact) mass is 873 g/mol. The standard InChI is InChI=1S/C64H35N5/c1-36-10-18-42(19-11-36)69(43-20-12-37(2)13-21-43)59-27-26-47-49-23-25-51-56-31-58-57(30-55(56)50-24-22-48(63(49)64(50)51)46-8-5-9-52(59)60(46)47)61(53-28-38(32-65)14-16-40(53)34-67)44-6-3-4-7-45(44)62(58)54-29-39(33-66)15-17-41(54)35-68/h3-31H,1-2H3. The second-order valence-electron chi connectivity index (χ2n) is 18.1. The fourth-order valence-electron chi connectivity index (χ4n) is 11.3. The first-order valence-corrected chi connectivity index (χ1v) is 22.9. The van der Waals surface area contributed by atoms with Gasteiger partial charge in [-0.25, -0.2) is 0 Å². The van der Waals surface area contributed by atoms with E-state index in [1.54, 1.807) is 24.3 Å². The zero-order valence-corrected chi connectivity index (χ0v) is 37.5. The van der Waals surface area contributed by atoms with Gasteiger partial charge in [0.2, 0.25) is 0 Å². The van der Waals surface area contributed by atoms with Crippen molar-refractivity contribution in [3.05, 3.63) is 209 Å². The molecular formula is C64H35N5. The molecule has 0 unspecified atom stereocenters. The molecule has 69 heavy (non-hydrogen) atoms. The SMILES string of the molecule is Cc1ccc(N(c2ccc(C)cc2)c2ccc3c4ccc5c6c(ccc(c7cccc2c73)c64)-c2cc3c(-c4cc(C#N)ccc4C#N)c4ccccc4c(-c4cc(C#N)ccc4C#N)c3cc2-5)cc1. The van der Waals surface area contributed by atoms with Crippen LogP contribution in [0, 0.1) is 59.2 Å². The molecule has 1 aliphatic rings. The summed E-state index contributed by atoms with van der Waals surface area (Å²) in [5, 5.41) is 54.5. The van der Waals surface area contributed by atoms with E-state index in [0.29, 0.717) is 33.4 Å². The van der Waals surface area contributed by atoms with Crippen LogP contribution in [0.1, 0.15) is 33.4 Å². The van der Waals surface area contributed by atoms with Crippen LogP contribution < -0.4 is 4.90 Å². The summed E-state index contributed by atoms with van der Waals surface area (Å²) in [6, 6.07) is 70.3. The van der Waals surface area contributed by atoms with Crippen molar-refractivity contribution in [2.24, 2.45) is 0 Å². The van der Waals surface area contributed by atoms with Crippen LogP contribution >= 0.6 is 0 Å². The maximum atomic E-state index is 10.6. The third kappa shape index (κ3) is 5.67. The normalized spacial score (nSPS) is 11.6. The minimum absolute atomic E-state index is 0.451. The smallest absolute Gasteiger partial charge is 0.0998 e. The maximum Gasteiger partial charge on any atom is 0.0998 e. The Bertz CT molecular complexity index is 4180. The van der Waals surface area contributed by atoms with Gasteiger partial charge in [0.15, 0.2) is 0 Å².